The van der Waals surface area contributed by atoms with Gasteiger partial charge in [0.05, 0.1) is 21.0 Å². The number of allylic oxidation sites excluding steroid dienone is 4. The topological polar surface area (TPSA) is 63.2 Å². The number of hydrogen-bond donors (Lipinski definition) is 1. The molecule has 0 radical (unpaired) electrons. The Hall–Kier alpha value is -1.47. The maximum absolute atomic E-state index is 13.8. The van der Waals surface area contributed by atoms with Crippen LogP contribution >= 0.6 is 15.9 Å². The zero-order chi connectivity index (χ0) is 18.9. The first-order valence-corrected chi connectivity index (χ1v) is 11.0. The lowest BCUT2D eigenvalue weighted by Crippen LogP contribution is -2.39. The minimum absolute atomic E-state index is 0.0367. The van der Waals surface area contributed by atoms with E-state index < -0.39 is 27.0 Å². The van der Waals surface area contributed by atoms with Gasteiger partial charge < -0.3 is 5.32 Å². The lowest BCUT2D eigenvalue weighted by Gasteiger charge is -2.38. The standard InChI is InChI=1S/C19H19BrFNO3S/c1-19(2)7-5-13-16(18(19)23)15(10-3-4-12(21)11(20)9-10)17-14(22-13)6-8-26(17,24)25/h3-4,9,15,22H,5-8H2,1-2H3/t15-/m0/s1. The van der Waals surface area contributed by atoms with Crippen LogP contribution in [0.4, 0.5) is 4.39 Å². The molecule has 0 spiro atoms. The fourth-order valence-electron chi connectivity index (χ4n) is 4.08. The van der Waals surface area contributed by atoms with E-state index in [4.69, 9.17) is 0 Å². The summed E-state index contributed by atoms with van der Waals surface area (Å²) in [5.74, 6) is -1.08. The number of sulfone groups is 1. The summed E-state index contributed by atoms with van der Waals surface area (Å²) >= 11 is 3.18. The predicted octanol–water partition coefficient (Wildman–Crippen LogP) is 3.95. The molecule has 2 heterocycles. The Labute approximate surface area is 160 Å². The fraction of sp³-hybridized carbons (Fsp3) is 0.421. The number of hydrogen-bond acceptors (Lipinski definition) is 4. The van der Waals surface area contributed by atoms with Gasteiger partial charge in [-0.25, -0.2) is 12.8 Å². The van der Waals surface area contributed by atoms with Crippen LogP contribution in [0.1, 0.15) is 44.6 Å². The summed E-state index contributed by atoms with van der Waals surface area (Å²) in [7, 11) is -3.46. The van der Waals surface area contributed by atoms with Gasteiger partial charge in [0.25, 0.3) is 0 Å². The maximum atomic E-state index is 13.8. The second-order valence-electron chi connectivity index (χ2n) is 7.75. The van der Waals surface area contributed by atoms with Crippen molar-refractivity contribution in [3.63, 3.8) is 0 Å². The number of carbonyl (C=O) groups is 1. The zero-order valence-electron chi connectivity index (χ0n) is 14.5. The summed E-state index contributed by atoms with van der Waals surface area (Å²) in [5.41, 5.74) is 2.09. The quantitative estimate of drug-likeness (QED) is 0.719. The van der Waals surface area contributed by atoms with Crippen LogP contribution in [0.15, 0.2) is 44.5 Å². The van der Waals surface area contributed by atoms with Gasteiger partial charge in [-0.1, -0.05) is 19.9 Å². The van der Waals surface area contributed by atoms with Crippen LogP contribution in [-0.4, -0.2) is 20.0 Å². The van der Waals surface area contributed by atoms with E-state index in [0.717, 1.165) is 5.70 Å². The Morgan fingerprint density at radius 1 is 1.23 bits per heavy atom. The monoisotopic (exact) mass is 439 g/mol. The minimum Gasteiger partial charge on any atom is -0.361 e. The van der Waals surface area contributed by atoms with Crippen LogP contribution in [0, 0.1) is 11.2 Å². The Kier molecular flexibility index (Phi) is 3.97. The largest absolute Gasteiger partial charge is 0.361 e. The first-order valence-electron chi connectivity index (χ1n) is 8.57. The second-order valence-corrected chi connectivity index (χ2v) is 10.7. The molecule has 4 rings (SSSR count). The molecule has 1 atom stereocenters. The number of halogens is 2. The molecular weight excluding hydrogens is 421 g/mol. The summed E-state index contributed by atoms with van der Waals surface area (Å²) in [6.45, 7) is 3.79. The summed E-state index contributed by atoms with van der Waals surface area (Å²) in [6, 6.07) is 4.47. The van der Waals surface area contributed by atoms with Gasteiger partial charge in [-0.05, 0) is 46.5 Å². The van der Waals surface area contributed by atoms with Crippen LogP contribution in [0.2, 0.25) is 0 Å². The van der Waals surface area contributed by atoms with Crippen LogP contribution in [0.25, 0.3) is 0 Å². The van der Waals surface area contributed by atoms with E-state index in [0.29, 0.717) is 36.1 Å². The average molecular weight is 440 g/mol. The highest BCUT2D eigenvalue weighted by Crippen LogP contribution is 2.50. The number of rotatable bonds is 1. The average Bonchev–Trinajstić information content (AvgIpc) is 2.87. The SMILES string of the molecule is CC1(C)CCC2=C(C1=O)[C@H](c1ccc(F)c(Br)c1)C1=C(CCS1(=O)=O)N2. The molecule has 3 aliphatic rings. The van der Waals surface area contributed by atoms with Crippen molar-refractivity contribution in [1.82, 2.24) is 5.32 Å². The van der Waals surface area contributed by atoms with Crippen LogP contribution < -0.4 is 5.32 Å². The molecule has 0 unspecified atom stereocenters. The van der Waals surface area contributed by atoms with Gasteiger partial charge in [-0.2, -0.15) is 0 Å². The molecule has 0 saturated heterocycles. The number of ketones is 1. The maximum Gasteiger partial charge on any atom is 0.177 e. The van der Waals surface area contributed by atoms with Crippen molar-refractivity contribution in [3.8, 4) is 0 Å². The Balaban J connectivity index is 1.97. The minimum atomic E-state index is -3.46. The van der Waals surface area contributed by atoms with E-state index in [1.54, 1.807) is 12.1 Å². The van der Waals surface area contributed by atoms with Gasteiger partial charge in [0.15, 0.2) is 15.6 Å². The summed E-state index contributed by atoms with van der Waals surface area (Å²) in [6.07, 6.45) is 1.83. The predicted molar refractivity (Wildman–Crippen MR) is 100 cm³/mol. The van der Waals surface area contributed by atoms with Crippen molar-refractivity contribution in [2.45, 2.75) is 39.0 Å². The molecule has 1 aromatic carbocycles. The van der Waals surface area contributed by atoms with Crippen molar-refractivity contribution < 1.29 is 17.6 Å². The molecule has 0 aromatic heterocycles. The van der Waals surface area contributed by atoms with Crippen molar-refractivity contribution in [1.29, 1.82) is 0 Å². The third kappa shape index (κ3) is 2.59. The van der Waals surface area contributed by atoms with Gasteiger partial charge >= 0.3 is 0 Å². The molecule has 0 amide bonds. The molecule has 1 aromatic rings. The van der Waals surface area contributed by atoms with Crippen LogP contribution in [0.5, 0.6) is 0 Å². The highest BCUT2D eigenvalue weighted by Gasteiger charge is 2.48. The summed E-state index contributed by atoms with van der Waals surface area (Å²) in [4.78, 5) is 13.5. The number of Topliss-reactive ketones (excluding diaryl/α,β-unsaturated/α-hetero) is 1. The number of carbonyl (C=O) groups excluding carboxylic acids is 1. The molecule has 0 saturated carbocycles. The molecule has 1 aliphatic carbocycles. The van der Waals surface area contributed by atoms with Crippen molar-refractivity contribution >= 4 is 31.6 Å². The van der Waals surface area contributed by atoms with E-state index in [-0.39, 0.29) is 20.9 Å². The Morgan fingerprint density at radius 3 is 2.65 bits per heavy atom. The molecule has 0 bridgehead atoms. The lowest BCUT2D eigenvalue weighted by molar-refractivity contribution is -0.124. The number of benzene rings is 1. The molecule has 2 aliphatic heterocycles. The Bertz CT molecular complexity index is 1010. The molecule has 1 N–H and O–H groups in total. The van der Waals surface area contributed by atoms with Gasteiger partial charge in [0.2, 0.25) is 0 Å². The van der Waals surface area contributed by atoms with E-state index in [1.165, 1.54) is 6.07 Å². The van der Waals surface area contributed by atoms with Gasteiger partial charge in [0.1, 0.15) is 5.82 Å². The molecule has 4 nitrogen and oxygen atoms in total. The second kappa shape index (κ2) is 5.76. The third-order valence-electron chi connectivity index (χ3n) is 5.57. The number of nitrogens with one attached hydrogen (secondary N) is 1. The van der Waals surface area contributed by atoms with Crippen molar-refractivity contribution in [2.75, 3.05) is 5.75 Å². The highest BCUT2D eigenvalue weighted by molar-refractivity contribution is 9.10. The summed E-state index contributed by atoms with van der Waals surface area (Å²) in [5, 5.41) is 3.24. The van der Waals surface area contributed by atoms with Gasteiger partial charge in [0, 0.05) is 28.8 Å². The summed E-state index contributed by atoms with van der Waals surface area (Å²) < 4.78 is 39.5. The number of dihydropyridines is 1. The van der Waals surface area contributed by atoms with E-state index >= 15 is 0 Å². The fourth-order valence-corrected chi connectivity index (χ4v) is 6.31. The Morgan fingerprint density at radius 2 is 1.96 bits per heavy atom. The van der Waals surface area contributed by atoms with Gasteiger partial charge in [-0.15, -0.1) is 0 Å². The lowest BCUT2D eigenvalue weighted by atomic mass is 9.69. The van der Waals surface area contributed by atoms with E-state index in [9.17, 15) is 17.6 Å². The van der Waals surface area contributed by atoms with Gasteiger partial charge in [-0.3, -0.25) is 4.79 Å². The van der Waals surface area contributed by atoms with Crippen LogP contribution in [0.3, 0.4) is 0 Å². The van der Waals surface area contributed by atoms with Crippen molar-refractivity contribution in [2.24, 2.45) is 5.41 Å². The van der Waals surface area contributed by atoms with Crippen molar-refractivity contribution in [3.05, 3.63) is 55.9 Å². The first kappa shape index (κ1) is 17.9. The molecule has 138 valence electrons. The van der Waals surface area contributed by atoms with E-state index in [1.807, 2.05) is 13.8 Å². The molecule has 0 fully saturated rings. The zero-order valence-corrected chi connectivity index (χ0v) is 16.9. The highest BCUT2D eigenvalue weighted by atomic mass is 79.9. The molecule has 26 heavy (non-hydrogen) atoms. The third-order valence-corrected chi connectivity index (χ3v) is 8.07. The van der Waals surface area contributed by atoms with E-state index in [2.05, 4.69) is 21.2 Å². The van der Waals surface area contributed by atoms with Crippen LogP contribution in [-0.2, 0) is 14.6 Å². The molecule has 7 heteroatoms. The molecular formula is C19H19BrFNO3S. The first-order chi connectivity index (χ1) is 12.1. The normalized spacial score (nSPS) is 26.5. The smallest absolute Gasteiger partial charge is 0.177 e.